The molecule has 1 aromatic carbocycles. The minimum atomic E-state index is -3.80. The lowest BCUT2D eigenvalue weighted by atomic mass is 9.96. The summed E-state index contributed by atoms with van der Waals surface area (Å²) in [5.41, 5.74) is 0. The van der Waals surface area contributed by atoms with Gasteiger partial charge in [-0.25, -0.2) is 17.5 Å². The zero-order chi connectivity index (χ0) is 14.0. The Morgan fingerprint density at radius 2 is 2.00 bits per heavy atom. The molecule has 1 N–H and O–H groups in total. The standard InChI is InChI=1S/C12H14BrClFNO2S/c13-9-3-1-2-4-11(9)16-19(17,18)12-7-8(15)5-6-10(12)14/h5-7,9,11,16H,1-4H2. The summed E-state index contributed by atoms with van der Waals surface area (Å²) in [5.74, 6) is -0.621. The first-order chi connectivity index (χ1) is 8.90. The zero-order valence-corrected chi connectivity index (χ0v) is 13.2. The van der Waals surface area contributed by atoms with Gasteiger partial charge in [-0.2, -0.15) is 0 Å². The smallest absolute Gasteiger partial charge is 0.207 e. The molecule has 3 nitrogen and oxygen atoms in total. The molecule has 1 saturated carbocycles. The Balaban J connectivity index is 2.24. The first-order valence-electron chi connectivity index (χ1n) is 6.01. The molecule has 0 aliphatic heterocycles. The molecular formula is C12H14BrClFNO2S. The molecule has 0 saturated heterocycles. The summed E-state index contributed by atoms with van der Waals surface area (Å²) in [4.78, 5) is -0.109. The van der Waals surface area contributed by atoms with Gasteiger partial charge in [0.2, 0.25) is 10.0 Å². The highest BCUT2D eigenvalue weighted by Crippen LogP contribution is 2.28. The van der Waals surface area contributed by atoms with Gasteiger partial charge in [-0.15, -0.1) is 0 Å². The average molecular weight is 371 g/mol. The third-order valence-electron chi connectivity index (χ3n) is 3.17. The second-order valence-corrected chi connectivity index (χ2v) is 7.87. The maximum absolute atomic E-state index is 13.2. The lowest BCUT2D eigenvalue weighted by molar-refractivity contribution is 0.427. The summed E-state index contributed by atoms with van der Waals surface area (Å²) in [5, 5.41) is 0.0239. The maximum atomic E-state index is 13.2. The molecule has 0 heterocycles. The molecule has 0 aromatic heterocycles. The van der Waals surface area contributed by atoms with E-state index in [4.69, 9.17) is 11.6 Å². The van der Waals surface area contributed by atoms with Gasteiger partial charge in [0.05, 0.1) is 5.02 Å². The van der Waals surface area contributed by atoms with Gasteiger partial charge in [-0.05, 0) is 31.0 Å². The molecule has 2 atom stereocenters. The van der Waals surface area contributed by atoms with E-state index < -0.39 is 15.8 Å². The van der Waals surface area contributed by atoms with Crippen molar-refractivity contribution in [3.05, 3.63) is 29.0 Å². The van der Waals surface area contributed by atoms with Gasteiger partial charge in [-0.3, -0.25) is 0 Å². The molecule has 7 heteroatoms. The molecule has 2 unspecified atom stereocenters. The zero-order valence-electron chi connectivity index (χ0n) is 10.1. The number of hydrogen-bond acceptors (Lipinski definition) is 2. The van der Waals surface area contributed by atoms with Crippen LogP contribution in [0, 0.1) is 5.82 Å². The van der Waals surface area contributed by atoms with Gasteiger partial charge >= 0.3 is 0 Å². The lowest BCUT2D eigenvalue weighted by Gasteiger charge is -2.28. The van der Waals surface area contributed by atoms with Crippen molar-refractivity contribution in [2.24, 2.45) is 0 Å². The fourth-order valence-electron chi connectivity index (χ4n) is 2.16. The molecule has 2 rings (SSSR count). The molecular weight excluding hydrogens is 357 g/mol. The summed E-state index contributed by atoms with van der Waals surface area (Å²) in [7, 11) is -3.80. The van der Waals surface area contributed by atoms with Crippen molar-refractivity contribution >= 4 is 37.6 Å². The molecule has 1 aromatic rings. The van der Waals surface area contributed by atoms with Gasteiger partial charge in [0, 0.05) is 10.9 Å². The summed E-state index contributed by atoms with van der Waals surface area (Å²) in [6, 6.07) is 3.14. The van der Waals surface area contributed by atoms with E-state index in [1.807, 2.05) is 0 Å². The lowest BCUT2D eigenvalue weighted by Crippen LogP contribution is -2.42. The highest BCUT2D eigenvalue weighted by atomic mass is 79.9. The van der Waals surface area contributed by atoms with E-state index in [1.54, 1.807) is 0 Å². The summed E-state index contributed by atoms with van der Waals surface area (Å²) < 4.78 is 40.2. The van der Waals surface area contributed by atoms with Crippen molar-refractivity contribution in [1.29, 1.82) is 0 Å². The molecule has 1 aliphatic rings. The second-order valence-electron chi connectivity index (χ2n) is 4.60. The largest absolute Gasteiger partial charge is 0.242 e. The van der Waals surface area contributed by atoms with E-state index in [0.717, 1.165) is 37.8 Å². The van der Waals surface area contributed by atoms with Crippen LogP contribution >= 0.6 is 27.5 Å². The molecule has 19 heavy (non-hydrogen) atoms. The van der Waals surface area contributed by atoms with Crippen LogP contribution in [-0.4, -0.2) is 19.3 Å². The van der Waals surface area contributed by atoms with Gasteiger partial charge in [0.25, 0.3) is 0 Å². The minimum absolute atomic E-state index is 0.0239. The average Bonchev–Trinajstić information content (AvgIpc) is 2.35. The van der Waals surface area contributed by atoms with E-state index in [9.17, 15) is 12.8 Å². The first kappa shape index (κ1) is 15.2. The Bertz CT molecular complexity index is 567. The Hall–Kier alpha value is -0.170. The van der Waals surface area contributed by atoms with Gasteiger partial charge < -0.3 is 0 Å². The number of rotatable bonds is 3. The third kappa shape index (κ3) is 3.68. The quantitative estimate of drug-likeness (QED) is 0.828. The fourth-order valence-corrected chi connectivity index (χ4v) is 4.88. The van der Waals surface area contributed by atoms with Gasteiger partial charge in [0.1, 0.15) is 10.7 Å². The maximum Gasteiger partial charge on any atom is 0.242 e. The second kappa shape index (κ2) is 6.08. The topological polar surface area (TPSA) is 46.2 Å². The number of benzene rings is 1. The molecule has 0 bridgehead atoms. The van der Waals surface area contributed by atoms with E-state index in [-0.39, 0.29) is 20.8 Å². The highest BCUT2D eigenvalue weighted by Gasteiger charge is 2.29. The van der Waals surface area contributed by atoms with E-state index in [1.165, 1.54) is 6.07 Å². The van der Waals surface area contributed by atoms with Crippen LogP contribution in [0.15, 0.2) is 23.1 Å². The number of halogens is 3. The summed E-state index contributed by atoms with van der Waals surface area (Å²) in [6.07, 6.45) is 3.74. The number of hydrogen-bond donors (Lipinski definition) is 1. The monoisotopic (exact) mass is 369 g/mol. The number of sulfonamides is 1. The van der Waals surface area contributed by atoms with Crippen molar-refractivity contribution in [3.8, 4) is 0 Å². The Morgan fingerprint density at radius 1 is 1.32 bits per heavy atom. The highest BCUT2D eigenvalue weighted by molar-refractivity contribution is 9.09. The summed E-state index contributed by atoms with van der Waals surface area (Å²) in [6.45, 7) is 0. The van der Waals surface area contributed by atoms with Crippen molar-refractivity contribution < 1.29 is 12.8 Å². The minimum Gasteiger partial charge on any atom is -0.207 e. The van der Waals surface area contributed by atoms with Crippen LogP contribution in [0.2, 0.25) is 5.02 Å². The Kier molecular flexibility index (Phi) is 4.87. The van der Waals surface area contributed by atoms with Crippen LogP contribution in [0.5, 0.6) is 0 Å². The predicted octanol–water partition coefficient (Wildman–Crippen LogP) is 3.46. The van der Waals surface area contributed by atoms with E-state index in [2.05, 4.69) is 20.7 Å². The van der Waals surface area contributed by atoms with Crippen LogP contribution in [0.25, 0.3) is 0 Å². The SMILES string of the molecule is O=S(=O)(NC1CCCCC1Br)c1cc(F)ccc1Cl. The predicted molar refractivity (Wildman–Crippen MR) is 76.7 cm³/mol. The van der Waals surface area contributed by atoms with Crippen LogP contribution < -0.4 is 4.72 Å². The van der Waals surface area contributed by atoms with Crippen LogP contribution in [0.1, 0.15) is 25.7 Å². The van der Waals surface area contributed by atoms with Crippen LogP contribution in [-0.2, 0) is 10.0 Å². The molecule has 0 radical (unpaired) electrons. The van der Waals surface area contributed by atoms with E-state index >= 15 is 0 Å². The van der Waals surface area contributed by atoms with Crippen molar-refractivity contribution in [3.63, 3.8) is 0 Å². The molecule has 106 valence electrons. The third-order valence-corrected chi connectivity index (χ3v) is 6.24. The Morgan fingerprint density at radius 3 is 2.68 bits per heavy atom. The molecule has 0 spiro atoms. The van der Waals surface area contributed by atoms with Crippen molar-refractivity contribution in [1.82, 2.24) is 4.72 Å². The van der Waals surface area contributed by atoms with Crippen molar-refractivity contribution in [2.45, 2.75) is 41.4 Å². The van der Waals surface area contributed by atoms with Gasteiger partial charge in [0.15, 0.2) is 0 Å². The number of alkyl halides is 1. The molecule has 1 aliphatic carbocycles. The van der Waals surface area contributed by atoms with Crippen molar-refractivity contribution in [2.75, 3.05) is 0 Å². The van der Waals surface area contributed by atoms with E-state index in [0.29, 0.717) is 0 Å². The fraction of sp³-hybridized carbons (Fsp3) is 0.500. The van der Waals surface area contributed by atoms with Crippen LogP contribution in [0.3, 0.4) is 0 Å². The van der Waals surface area contributed by atoms with Crippen LogP contribution in [0.4, 0.5) is 4.39 Å². The molecule has 1 fully saturated rings. The molecule has 0 amide bonds. The normalized spacial score (nSPS) is 24.4. The number of nitrogens with one attached hydrogen (secondary N) is 1. The summed E-state index contributed by atoms with van der Waals surface area (Å²) >= 11 is 9.32. The first-order valence-corrected chi connectivity index (χ1v) is 8.79. The Labute approximate surface area is 125 Å². The van der Waals surface area contributed by atoms with Gasteiger partial charge in [-0.1, -0.05) is 40.4 Å².